The van der Waals surface area contributed by atoms with E-state index in [1.54, 1.807) is 24.1 Å². The van der Waals surface area contributed by atoms with Crippen molar-refractivity contribution >= 4 is 18.4 Å². The Balaban J connectivity index is 0.00000161. The maximum Gasteiger partial charge on any atom is 0.319 e. The van der Waals surface area contributed by atoms with Crippen LogP contribution in [0.1, 0.15) is 24.8 Å². The summed E-state index contributed by atoms with van der Waals surface area (Å²) in [7, 11) is 1.80. The molecular formula is C15H21ClFN3O. The standard InChI is InChI=1S/C15H20FN3O.ClH/c1-18-11-15(17-14(18)20,19-9-3-2-4-10-19)12-5-7-13(16)8-6-12;/h5-8H,2-4,9-11H2,1H3,(H,17,20);1H. The zero-order valence-corrected chi connectivity index (χ0v) is 13.0. The minimum Gasteiger partial charge on any atom is -0.324 e. The number of nitrogens with one attached hydrogen (secondary N) is 1. The van der Waals surface area contributed by atoms with E-state index >= 15 is 0 Å². The van der Waals surface area contributed by atoms with Gasteiger partial charge >= 0.3 is 6.03 Å². The molecule has 2 aliphatic heterocycles. The van der Waals surface area contributed by atoms with Gasteiger partial charge in [-0.2, -0.15) is 0 Å². The van der Waals surface area contributed by atoms with Gasteiger partial charge in [-0.1, -0.05) is 18.6 Å². The Kier molecular flexibility index (Phi) is 4.74. The molecule has 2 fully saturated rings. The van der Waals surface area contributed by atoms with Crippen LogP contribution in [0, 0.1) is 5.82 Å². The molecule has 21 heavy (non-hydrogen) atoms. The fourth-order valence-electron chi connectivity index (χ4n) is 3.25. The molecule has 0 saturated carbocycles. The molecule has 1 aromatic rings. The zero-order valence-electron chi connectivity index (χ0n) is 12.1. The van der Waals surface area contributed by atoms with Crippen LogP contribution in [0.25, 0.3) is 0 Å². The summed E-state index contributed by atoms with van der Waals surface area (Å²) < 4.78 is 13.2. The van der Waals surface area contributed by atoms with E-state index in [0.717, 1.165) is 31.5 Å². The summed E-state index contributed by atoms with van der Waals surface area (Å²) in [5.74, 6) is -0.250. The minimum atomic E-state index is -0.514. The topological polar surface area (TPSA) is 35.6 Å². The second-order valence-corrected chi connectivity index (χ2v) is 5.70. The smallest absolute Gasteiger partial charge is 0.319 e. The van der Waals surface area contributed by atoms with E-state index in [4.69, 9.17) is 0 Å². The lowest BCUT2D eigenvalue weighted by Crippen LogP contribution is -2.57. The Morgan fingerprint density at radius 1 is 1.14 bits per heavy atom. The number of carbonyl (C=O) groups is 1. The number of hydrogen-bond acceptors (Lipinski definition) is 2. The van der Waals surface area contributed by atoms with Crippen molar-refractivity contribution in [2.45, 2.75) is 24.9 Å². The van der Waals surface area contributed by atoms with Crippen LogP contribution in [0.2, 0.25) is 0 Å². The van der Waals surface area contributed by atoms with Gasteiger partial charge < -0.3 is 10.2 Å². The van der Waals surface area contributed by atoms with Gasteiger partial charge in [-0.3, -0.25) is 4.90 Å². The first-order valence-electron chi connectivity index (χ1n) is 7.16. The highest BCUT2D eigenvalue weighted by molar-refractivity contribution is 5.85. The SMILES string of the molecule is CN1CC(c2ccc(F)cc2)(N2CCCCC2)NC1=O.Cl. The van der Waals surface area contributed by atoms with Crippen LogP contribution in [-0.2, 0) is 5.66 Å². The first kappa shape index (κ1) is 16.0. The summed E-state index contributed by atoms with van der Waals surface area (Å²) in [6, 6.07) is 6.42. The lowest BCUT2D eigenvalue weighted by Gasteiger charge is -2.42. The van der Waals surface area contributed by atoms with Gasteiger partial charge in [-0.15, -0.1) is 12.4 Å². The molecule has 0 aromatic heterocycles. The van der Waals surface area contributed by atoms with Gasteiger partial charge in [0.05, 0.1) is 6.54 Å². The van der Waals surface area contributed by atoms with Crippen LogP contribution in [0.3, 0.4) is 0 Å². The predicted octanol–water partition coefficient (Wildman–Crippen LogP) is 2.54. The van der Waals surface area contributed by atoms with Crippen LogP contribution < -0.4 is 5.32 Å². The first-order valence-corrected chi connectivity index (χ1v) is 7.16. The van der Waals surface area contributed by atoms with Crippen molar-refractivity contribution in [3.05, 3.63) is 35.6 Å². The number of amides is 2. The minimum absolute atomic E-state index is 0. The van der Waals surface area contributed by atoms with Crippen molar-refractivity contribution in [1.29, 1.82) is 0 Å². The Labute approximate surface area is 130 Å². The molecule has 2 amide bonds. The molecule has 0 spiro atoms. The molecule has 6 heteroatoms. The van der Waals surface area contributed by atoms with Gasteiger partial charge in [0, 0.05) is 20.1 Å². The van der Waals surface area contributed by atoms with E-state index in [1.165, 1.54) is 18.6 Å². The molecule has 1 unspecified atom stereocenters. The van der Waals surface area contributed by atoms with Crippen LogP contribution in [0.15, 0.2) is 24.3 Å². The number of piperidine rings is 1. The van der Waals surface area contributed by atoms with Gasteiger partial charge in [0.1, 0.15) is 11.5 Å². The molecule has 2 heterocycles. The molecule has 1 aromatic carbocycles. The van der Waals surface area contributed by atoms with Crippen molar-refractivity contribution in [2.24, 2.45) is 0 Å². The monoisotopic (exact) mass is 313 g/mol. The summed E-state index contributed by atoms with van der Waals surface area (Å²) in [4.78, 5) is 16.0. The molecule has 0 radical (unpaired) electrons. The molecule has 0 aliphatic carbocycles. The quantitative estimate of drug-likeness (QED) is 0.911. The van der Waals surface area contributed by atoms with Crippen molar-refractivity contribution in [2.75, 3.05) is 26.7 Å². The number of likely N-dealkylation sites (tertiary alicyclic amines) is 1. The van der Waals surface area contributed by atoms with Crippen LogP contribution in [0.5, 0.6) is 0 Å². The van der Waals surface area contributed by atoms with Crippen LogP contribution in [0.4, 0.5) is 9.18 Å². The van der Waals surface area contributed by atoms with E-state index in [1.807, 2.05) is 0 Å². The van der Waals surface area contributed by atoms with Crippen molar-refractivity contribution < 1.29 is 9.18 Å². The Morgan fingerprint density at radius 2 is 1.76 bits per heavy atom. The molecular weight excluding hydrogens is 293 g/mol. The third-order valence-electron chi connectivity index (χ3n) is 4.34. The average Bonchev–Trinajstić information content (AvgIpc) is 2.77. The molecule has 1 N–H and O–H groups in total. The van der Waals surface area contributed by atoms with Crippen LogP contribution >= 0.6 is 12.4 Å². The summed E-state index contributed by atoms with van der Waals surface area (Å²) in [5, 5.41) is 3.11. The first-order chi connectivity index (χ1) is 9.62. The van der Waals surface area contributed by atoms with Gasteiger partial charge in [-0.25, -0.2) is 9.18 Å². The molecule has 1 atom stereocenters. The van der Waals surface area contributed by atoms with E-state index in [-0.39, 0.29) is 24.3 Å². The summed E-state index contributed by atoms with van der Waals surface area (Å²) in [5.41, 5.74) is 0.443. The predicted molar refractivity (Wildman–Crippen MR) is 81.9 cm³/mol. The van der Waals surface area contributed by atoms with Crippen LogP contribution in [-0.4, -0.2) is 42.5 Å². The largest absolute Gasteiger partial charge is 0.324 e. The normalized spacial score (nSPS) is 26.4. The molecule has 3 rings (SSSR count). The number of hydrogen-bond donors (Lipinski definition) is 1. The lowest BCUT2D eigenvalue weighted by atomic mass is 9.95. The molecule has 4 nitrogen and oxygen atoms in total. The van der Waals surface area contributed by atoms with Crippen molar-refractivity contribution in [3.63, 3.8) is 0 Å². The second kappa shape index (κ2) is 6.20. The van der Waals surface area contributed by atoms with Crippen molar-refractivity contribution in [3.8, 4) is 0 Å². The van der Waals surface area contributed by atoms with E-state index in [0.29, 0.717) is 6.54 Å². The molecule has 2 aliphatic rings. The van der Waals surface area contributed by atoms with E-state index in [9.17, 15) is 9.18 Å². The Morgan fingerprint density at radius 3 is 2.29 bits per heavy atom. The van der Waals surface area contributed by atoms with E-state index < -0.39 is 5.66 Å². The Bertz CT molecular complexity index is 504. The fraction of sp³-hybridized carbons (Fsp3) is 0.533. The highest BCUT2D eigenvalue weighted by Crippen LogP contribution is 2.33. The number of rotatable bonds is 2. The third kappa shape index (κ3) is 2.85. The number of urea groups is 1. The average molecular weight is 314 g/mol. The lowest BCUT2D eigenvalue weighted by molar-refractivity contribution is 0.0553. The number of nitrogens with zero attached hydrogens (tertiary/aromatic N) is 2. The highest BCUT2D eigenvalue weighted by atomic mass is 35.5. The number of halogens is 2. The van der Waals surface area contributed by atoms with E-state index in [2.05, 4.69) is 10.2 Å². The molecule has 0 bridgehead atoms. The molecule has 2 saturated heterocycles. The second-order valence-electron chi connectivity index (χ2n) is 5.70. The summed E-state index contributed by atoms with van der Waals surface area (Å²) in [6.45, 7) is 2.52. The third-order valence-corrected chi connectivity index (χ3v) is 4.34. The number of carbonyl (C=O) groups excluding carboxylic acids is 1. The van der Waals surface area contributed by atoms with Gasteiger partial charge in [-0.05, 0) is 30.5 Å². The molecule has 116 valence electrons. The summed E-state index contributed by atoms with van der Waals surface area (Å²) >= 11 is 0. The summed E-state index contributed by atoms with van der Waals surface area (Å²) in [6.07, 6.45) is 3.52. The van der Waals surface area contributed by atoms with Gasteiger partial charge in [0.15, 0.2) is 0 Å². The number of benzene rings is 1. The number of likely N-dealkylation sites (N-methyl/N-ethyl adjacent to an activating group) is 1. The van der Waals surface area contributed by atoms with Gasteiger partial charge in [0.25, 0.3) is 0 Å². The Hall–Kier alpha value is -1.33. The zero-order chi connectivity index (χ0) is 14.2. The van der Waals surface area contributed by atoms with Gasteiger partial charge in [0.2, 0.25) is 0 Å². The fourth-order valence-corrected chi connectivity index (χ4v) is 3.25. The highest BCUT2D eigenvalue weighted by Gasteiger charge is 2.47. The van der Waals surface area contributed by atoms with Crippen molar-refractivity contribution in [1.82, 2.24) is 15.1 Å². The maximum atomic E-state index is 13.2. The maximum absolute atomic E-state index is 13.2.